The molecule has 2 aromatic carbocycles. The average Bonchev–Trinajstić information content (AvgIpc) is 3.42. The number of nitrogens with zero attached hydrogens (tertiary/aromatic N) is 1. The van der Waals surface area contributed by atoms with Gasteiger partial charge in [0.25, 0.3) is 0 Å². The van der Waals surface area contributed by atoms with E-state index in [9.17, 15) is 13.2 Å². The molecule has 154 valence electrons. The molecular formula is C21H18N2O5S2. The number of para-hydroxylation sites is 1. The molecule has 1 atom stereocenters. The molecule has 0 aliphatic heterocycles. The van der Waals surface area contributed by atoms with Crippen LogP contribution in [0.3, 0.4) is 0 Å². The molecule has 0 spiro atoms. The molecule has 2 heterocycles. The standard InChI is InChI=1S/C21H18N2O5S2/c1-14(20-23-18-6-2-3-7-19(18)29-20)28-21(24)15-8-10-17(11-9-15)30(25,26)22-13-16-5-4-12-27-16/h2-12,14,22H,13H2,1H3. The second-order valence-corrected chi connectivity index (χ2v) is 9.32. The Morgan fingerprint density at radius 2 is 1.90 bits per heavy atom. The smallest absolute Gasteiger partial charge is 0.338 e. The minimum Gasteiger partial charge on any atom is -0.468 e. The number of carbonyl (C=O) groups is 1. The number of fused-ring (bicyclic) bond motifs is 1. The van der Waals surface area contributed by atoms with Gasteiger partial charge in [0, 0.05) is 0 Å². The van der Waals surface area contributed by atoms with Gasteiger partial charge < -0.3 is 9.15 Å². The number of aromatic nitrogens is 1. The van der Waals surface area contributed by atoms with Gasteiger partial charge in [0.15, 0.2) is 6.10 Å². The zero-order valence-corrected chi connectivity index (χ0v) is 17.6. The predicted molar refractivity (Wildman–Crippen MR) is 113 cm³/mol. The third-order valence-corrected chi connectivity index (χ3v) is 6.97. The molecule has 4 rings (SSSR count). The highest BCUT2D eigenvalue weighted by Crippen LogP contribution is 2.28. The number of benzene rings is 2. The minimum absolute atomic E-state index is 0.0405. The quantitative estimate of drug-likeness (QED) is 0.429. The van der Waals surface area contributed by atoms with E-state index >= 15 is 0 Å². The first-order valence-electron chi connectivity index (χ1n) is 9.11. The summed E-state index contributed by atoms with van der Waals surface area (Å²) in [7, 11) is -3.73. The van der Waals surface area contributed by atoms with Crippen LogP contribution in [0.1, 0.15) is 34.2 Å². The van der Waals surface area contributed by atoms with Gasteiger partial charge in [-0.2, -0.15) is 0 Å². The van der Waals surface area contributed by atoms with Crippen LogP contribution in [0.15, 0.2) is 76.2 Å². The number of thiazole rings is 1. The Morgan fingerprint density at radius 1 is 1.13 bits per heavy atom. The summed E-state index contributed by atoms with van der Waals surface area (Å²) >= 11 is 1.47. The van der Waals surface area contributed by atoms with Crippen molar-refractivity contribution in [2.45, 2.75) is 24.5 Å². The molecule has 0 aliphatic rings. The van der Waals surface area contributed by atoms with Crippen LogP contribution in [-0.4, -0.2) is 19.4 Å². The van der Waals surface area contributed by atoms with Crippen LogP contribution >= 0.6 is 11.3 Å². The lowest BCUT2D eigenvalue weighted by atomic mass is 10.2. The number of esters is 1. The molecule has 4 aromatic rings. The minimum atomic E-state index is -3.73. The van der Waals surface area contributed by atoms with Crippen molar-refractivity contribution in [1.82, 2.24) is 9.71 Å². The molecule has 0 saturated heterocycles. The molecule has 0 bridgehead atoms. The number of hydrogen-bond donors (Lipinski definition) is 1. The molecule has 1 N–H and O–H groups in total. The first-order valence-corrected chi connectivity index (χ1v) is 11.4. The van der Waals surface area contributed by atoms with Crippen molar-refractivity contribution in [2.75, 3.05) is 0 Å². The molecule has 1 unspecified atom stereocenters. The molecular weight excluding hydrogens is 424 g/mol. The summed E-state index contributed by atoms with van der Waals surface area (Å²) in [4.78, 5) is 17.0. The topological polar surface area (TPSA) is 98.5 Å². The van der Waals surface area contributed by atoms with Gasteiger partial charge in [-0.25, -0.2) is 22.9 Å². The third kappa shape index (κ3) is 4.43. The van der Waals surface area contributed by atoms with Crippen molar-refractivity contribution in [3.05, 3.63) is 83.3 Å². The molecule has 7 nitrogen and oxygen atoms in total. The predicted octanol–water partition coefficient (Wildman–Crippen LogP) is 4.29. The van der Waals surface area contributed by atoms with Crippen molar-refractivity contribution >= 4 is 37.5 Å². The highest BCUT2D eigenvalue weighted by molar-refractivity contribution is 7.89. The van der Waals surface area contributed by atoms with Crippen LogP contribution in [0.2, 0.25) is 0 Å². The summed E-state index contributed by atoms with van der Waals surface area (Å²) in [6, 6.07) is 16.6. The summed E-state index contributed by atoms with van der Waals surface area (Å²) in [6.45, 7) is 1.80. The third-order valence-electron chi connectivity index (χ3n) is 4.36. The number of hydrogen-bond acceptors (Lipinski definition) is 7. The number of furan rings is 1. The molecule has 0 saturated carbocycles. The highest BCUT2D eigenvalue weighted by Gasteiger charge is 2.19. The molecule has 0 fully saturated rings. The summed E-state index contributed by atoms with van der Waals surface area (Å²) in [5.41, 5.74) is 1.12. The first-order chi connectivity index (χ1) is 14.4. The number of nitrogens with one attached hydrogen (secondary N) is 1. The second kappa shape index (κ2) is 8.39. The van der Waals surface area contributed by atoms with E-state index in [1.807, 2.05) is 24.3 Å². The Kier molecular flexibility index (Phi) is 5.67. The SMILES string of the molecule is CC(OC(=O)c1ccc(S(=O)(=O)NCc2ccco2)cc1)c1nc2ccccc2s1. The van der Waals surface area contributed by atoms with Gasteiger partial charge in [-0.3, -0.25) is 0 Å². The van der Waals surface area contributed by atoms with Gasteiger partial charge in [-0.05, 0) is 55.5 Å². The molecule has 2 aromatic heterocycles. The van der Waals surface area contributed by atoms with E-state index < -0.39 is 22.1 Å². The van der Waals surface area contributed by atoms with Crippen molar-refractivity contribution < 1.29 is 22.4 Å². The van der Waals surface area contributed by atoms with Crippen LogP contribution in [0.5, 0.6) is 0 Å². The van der Waals surface area contributed by atoms with Crippen molar-refractivity contribution in [3.63, 3.8) is 0 Å². The maximum atomic E-state index is 12.5. The summed E-state index contributed by atoms with van der Waals surface area (Å²) in [5, 5.41) is 0.700. The fourth-order valence-electron chi connectivity index (χ4n) is 2.78. The molecule has 0 amide bonds. The fraction of sp³-hybridized carbons (Fsp3) is 0.143. The van der Waals surface area contributed by atoms with Gasteiger partial charge in [0.1, 0.15) is 10.8 Å². The Labute approximate surface area is 177 Å². The van der Waals surface area contributed by atoms with Crippen LogP contribution in [0, 0.1) is 0 Å². The Morgan fingerprint density at radius 3 is 2.60 bits per heavy atom. The van der Waals surface area contributed by atoms with Crippen molar-refractivity contribution in [3.8, 4) is 0 Å². The Hall–Kier alpha value is -3.01. The summed E-state index contributed by atoms with van der Waals surface area (Å²) in [5.74, 6) is -0.0446. The zero-order chi connectivity index (χ0) is 21.1. The fourth-order valence-corrected chi connectivity index (χ4v) is 4.72. The van der Waals surface area contributed by atoms with Crippen LogP contribution < -0.4 is 4.72 Å². The van der Waals surface area contributed by atoms with Crippen molar-refractivity contribution in [2.24, 2.45) is 0 Å². The van der Waals surface area contributed by atoms with Crippen LogP contribution in [0.4, 0.5) is 0 Å². The van der Waals surface area contributed by atoms with E-state index in [1.165, 1.54) is 41.9 Å². The van der Waals surface area contributed by atoms with E-state index in [0.717, 1.165) is 10.2 Å². The maximum absolute atomic E-state index is 12.5. The van der Waals surface area contributed by atoms with Crippen LogP contribution in [0.25, 0.3) is 10.2 Å². The monoisotopic (exact) mass is 442 g/mol. The number of sulfonamides is 1. The van der Waals surface area contributed by atoms with Gasteiger partial charge >= 0.3 is 5.97 Å². The maximum Gasteiger partial charge on any atom is 0.338 e. The lowest BCUT2D eigenvalue weighted by Crippen LogP contribution is -2.23. The van der Waals surface area contributed by atoms with Gasteiger partial charge in [-0.1, -0.05) is 12.1 Å². The second-order valence-electron chi connectivity index (χ2n) is 6.50. The van der Waals surface area contributed by atoms with E-state index in [4.69, 9.17) is 9.15 Å². The largest absolute Gasteiger partial charge is 0.468 e. The van der Waals surface area contributed by atoms with Gasteiger partial charge in [0.05, 0.1) is 33.5 Å². The highest BCUT2D eigenvalue weighted by atomic mass is 32.2. The number of carbonyl (C=O) groups excluding carboxylic acids is 1. The summed E-state index contributed by atoms with van der Waals surface area (Å²) in [6.07, 6.45) is 0.951. The Bertz CT molecular complexity index is 1230. The molecule has 0 radical (unpaired) electrons. The van der Waals surface area contributed by atoms with E-state index in [-0.39, 0.29) is 17.0 Å². The zero-order valence-electron chi connectivity index (χ0n) is 15.9. The van der Waals surface area contributed by atoms with E-state index in [0.29, 0.717) is 10.8 Å². The van der Waals surface area contributed by atoms with Crippen molar-refractivity contribution in [1.29, 1.82) is 0 Å². The Balaban J connectivity index is 1.42. The van der Waals surface area contributed by atoms with Gasteiger partial charge in [-0.15, -0.1) is 11.3 Å². The number of ether oxygens (including phenoxy) is 1. The summed E-state index contributed by atoms with van der Waals surface area (Å²) < 4.78 is 38.9. The van der Waals surface area contributed by atoms with E-state index in [2.05, 4.69) is 9.71 Å². The first kappa shape index (κ1) is 20.3. The normalized spacial score (nSPS) is 12.7. The van der Waals surface area contributed by atoms with Crippen LogP contribution in [-0.2, 0) is 21.3 Å². The molecule has 30 heavy (non-hydrogen) atoms. The average molecular weight is 443 g/mol. The lowest BCUT2D eigenvalue weighted by molar-refractivity contribution is 0.0337. The van der Waals surface area contributed by atoms with Gasteiger partial charge in [0.2, 0.25) is 10.0 Å². The lowest BCUT2D eigenvalue weighted by Gasteiger charge is -2.11. The number of rotatable bonds is 7. The van der Waals surface area contributed by atoms with E-state index in [1.54, 1.807) is 19.1 Å². The molecule has 9 heteroatoms. The molecule has 0 aliphatic carbocycles.